The predicted molar refractivity (Wildman–Crippen MR) is 61.8 cm³/mol. The zero-order valence-corrected chi connectivity index (χ0v) is 18.5. The van der Waals surface area contributed by atoms with E-state index >= 15 is 0 Å². The van der Waals surface area contributed by atoms with Gasteiger partial charge in [0.25, 0.3) is 0 Å². The minimum absolute atomic E-state index is 0. The van der Waals surface area contributed by atoms with Gasteiger partial charge in [-0.05, 0) is 25.2 Å². The Balaban J connectivity index is -0.00000144. The summed E-state index contributed by atoms with van der Waals surface area (Å²) in [4.78, 5) is 24.4. The molecule has 0 bridgehead atoms. The minimum atomic E-state index is -1.36. The topological polar surface area (TPSA) is 113 Å². The fraction of sp³-hybridized carbons (Fsp3) is 0.583. The minimum Gasteiger partial charge on any atom is -0.859 e. The number of carbonyl (C=O) groups excluding carboxylic acids is 1. The van der Waals surface area contributed by atoms with Crippen molar-refractivity contribution >= 4 is 17.8 Å². The molecule has 102 valence electrons. The van der Waals surface area contributed by atoms with E-state index in [-0.39, 0.29) is 109 Å². The molecular weight excluding hydrogens is 316 g/mol. The summed E-state index contributed by atoms with van der Waals surface area (Å²) in [5.74, 6) is -3.33. The van der Waals surface area contributed by atoms with Gasteiger partial charge in [0, 0.05) is 5.97 Å². The third-order valence-corrected chi connectivity index (χ3v) is 2.17. The first-order chi connectivity index (χ1) is 8.47. The van der Waals surface area contributed by atoms with Crippen molar-refractivity contribution in [2.24, 2.45) is 4.99 Å². The number of aliphatic imine (C=N–C) groups is 1. The first-order valence-electron chi connectivity index (χ1n) is 5.81. The van der Waals surface area contributed by atoms with Crippen LogP contribution in [0.1, 0.15) is 39.0 Å². The molecule has 0 saturated carbocycles. The molecule has 0 saturated heterocycles. The van der Waals surface area contributed by atoms with Crippen molar-refractivity contribution in [3.05, 3.63) is 12.2 Å². The van der Waals surface area contributed by atoms with E-state index in [4.69, 9.17) is 5.11 Å². The van der Waals surface area contributed by atoms with Crippen LogP contribution < -0.4 is 113 Å². The molecule has 0 aromatic rings. The molecule has 1 N–H and O–H groups in total. The van der Waals surface area contributed by atoms with Gasteiger partial charge in [0.1, 0.15) is 6.04 Å². The third-order valence-electron chi connectivity index (χ3n) is 2.17. The SMILES string of the molecule is CCCC/C=C/C([O-])=N[C@@H](CCC(=O)[O-])C(=O)O.[K+].[K+]. The van der Waals surface area contributed by atoms with Crippen LogP contribution in [0, 0.1) is 0 Å². The maximum atomic E-state index is 11.3. The Kier molecular flexibility index (Phi) is 22.1. The van der Waals surface area contributed by atoms with E-state index in [0.29, 0.717) is 0 Å². The first kappa shape index (κ1) is 26.3. The molecule has 0 aliphatic heterocycles. The van der Waals surface area contributed by atoms with E-state index in [9.17, 15) is 19.8 Å². The zero-order chi connectivity index (χ0) is 14.0. The Labute approximate surface area is 204 Å². The number of carboxylic acid groups (broad SMARTS) is 2. The van der Waals surface area contributed by atoms with E-state index in [1.807, 2.05) is 6.92 Å². The largest absolute Gasteiger partial charge is 1.00 e. The van der Waals surface area contributed by atoms with Gasteiger partial charge in [-0.25, -0.2) is 4.79 Å². The van der Waals surface area contributed by atoms with Crippen molar-refractivity contribution in [3.8, 4) is 0 Å². The fourth-order valence-corrected chi connectivity index (χ4v) is 1.20. The number of hydrogen-bond donors (Lipinski definition) is 1. The van der Waals surface area contributed by atoms with Gasteiger partial charge in [0.15, 0.2) is 0 Å². The van der Waals surface area contributed by atoms with Gasteiger partial charge in [-0.1, -0.05) is 31.9 Å². The number of carbonyl (C=O) groups is 2. The van der Waals surface area contributed by atoms with E-state index in [1.54, 1.807) is 6.08 Å². The molecule has 1 atom stereocenters. The van der Waals surface area contributed by atoms with Crippen LogP contribution in [-0.2, 0) is 9.59 Å². The summed E-state index contributed by atoms with van der Waals surface area (Å²) in [7, 11) is 0. The normalized spacial score (nSPS) is 12.3. The smallest absolute Gasteiger partial charge is 0.859 e. The Hall–Kier alpha value is 1.42. The Morgan fingerprint density at radius 1 is 1.30 bits per heavy atom. The summed E-state index contributed by atoms with van der Waals surface area (Å²) in [6, 6.07) is -1.33. The van der Waals surface area contributed by atoms with E-state index in [1.165, 1.54) is 6.08 Å². The second-order valence-electron chi connectivity index (χ2n) is 3.78. The van der Waals surface area contributed by atoms with Crippen LogP contribution in [0.2, 0.25) is 0 Å². The summed E-state index contributed by atoms with van der Waals surface area (Å²) in [6.07, 6.45) is 4.83. The van der Waals surface area contributed by atoms with Crippen molar-refractivity contribution in [2.45, 2.75) is 45.1 Å². The molecule has 0 fully saturated rings. The van der Waals surface area contributed by atoms with Crippen molar-refractivity contribution in [1.82, 2.24) is 0 Å². The molecule has 20 heavy (non-hydrogen) atoms. The number of hydrogen-bond acceptors (Lipinski definition) is 5. The molecule has 6 nitrogen and oxygen atoms in total. The molecule has 0 aliphatic carbocycles. The van der Waals surface area contributed by atoms with E-state index in [2.05, 4.69) is 4.99 Å². The summed E-state index contributed by atoms with van der Waals surface area (Å²) in [6.45, 7) is 2.01. The molecule has 8 heteroatoms. The number of unbranched alkanes of at least 4 members (excludes halogenated alkanes) is 2. The molecule has 0 amide bonds. The maximum absolute atomic E-state index is 11.3. The molecule has 0 aromatic heterocycles. The molecule has 0 heterocycles. The second kappa shape index (κ2) is 16.8. The van der Waals surface area contributed by atoms with Crippen LogP contribution in [0.15, 0.2) is 17.1 Å². The van der Waals surface area contributed by atoms with Crippen molar-refractivity contribution in [1.29, 1.82) is 0 Å². The molecule has 0 aliphatic rings. The van der Waals surface area contributed by atoms with Crippen LogP contribution in [0.5, 0.6) is 0 Å². The Morgan fingerprint density at radius 2 is 1.90 bits per heavy atom. The van der Waals surface area contributed by atoms with Gasteiger partial charge < -0.3 is 20.1 Å². The summed E-state index contributed by atoms with van der Waals surface area (Å²) in [5.41, 5.74) is 0. The standard InChI is InChI=1S/C12H19NO5.2K/c1-2-3-4-5-6-10(14)13-9(12(17)18)7-8-11(15)16;;/h5-6,9H,2-4,7-8H2,1H3,(H,13,14)(H,15,16)(H,17,18);;/q;2*+1/p-2/b6-5+;;/t9-;;/m0../s1. The molecule has 0 spiro atoms. The van der Waals surface area contributed by atoms with Crippen molar-refractivity contribution in [2.75, 3.05) is 0 Å². The van der Waals surface area contributed by atoms with Crippen LogP contribution in [0.4, 0.5) is 0 Å². The zero-order valence-electron chi connectivity index (χ0n) is 12.3. The van der Waals surface area contributed by atoms with Gasteiger partial charge in [0.05, 0.1) is 0 Å². The van der Waals surface area contributed by atoms with Crippen LogP contribution >= 0.6 is 0 Å². The van der Waals surface area contributed by atoms with Crippen molar-refractivity contribution in [3.63, 3.8) is 0 Å². The van der Waals surface area contributed by atoms with E-state index in [0.717, 1.165) is 19.3 Å². The number of aliphatic carboxylic acids is 2. The average Bonchev–Trinajstić information content (AvgIpc) is 2.29. The number of carboxylic acids is 2. The summed E-state index contributed by atoms with van der Waals surface area (Å²) >= 11 is 0. The average molecular weight is 333 g/mol. The van der Waals surface area contributed by atoms with Gasteiger partial charge >= 0.3 is 109 Å². The maximum Gasteiger partial charge on any atom is 1.00 e. The van der Waals surface area contributed by atoms with Crippen LogP contribution in [0.25, 0.3) is 0 Å². The Bertz CT molecular complexity index is 345. The quantitative estimate of drug-likeness (QED) is 0.195. The number of nitrogens with zero attached hydrogens (tertiary/aromatic N) is 1. The number of allylic oxidation sites excluding steroid dienone is 1. The third kappa shape index (κ3) is 15.8. The van der Waals surface area contributed by atoms with Gasteiger partial charge in [0.2, 0.25) is 0 Å². The van der Waals surface area contributed by atoms with Crippen LogP contribution in [0.3, 0.4) is 0 Å². The first-order valence-corrected chi connectivity index (χ1v) is 5.81. The monoisotopic (exact) mass is 333 g/mol. The molecule has 0 aromatic carbocycles. The van der Waals surface area contributed by atoms with Crippen LogP contribution in [-0.4, -0.2) is 29.0 Å². The van der Waals surface area contributed by atoms with Gasteiger partial charge in [-0.2, -0.15) is 0 Å². The number of rotatable bonds is 9. The fourth-order valence-electron chi connectivity index (χ4n) is 1.20. The van der Waals surface area contributed by atoms with Gasteiger partial charge in [-0.3, -0.25) is 4.99 Å². The molecule has 0 radical (unpaired) electrons. The van der Waals surface area contributed by atoms with Crippen molar-refractivity contribution < 1.29 is 128 Å². The summed E-state index contributed by atoms with van der Waals surface area (Å²) < 4.78 is 0. The molecule has 0 rings (SSSR count). The van der Waals surface area contributed by atoms with Gasteiger partial charge in [-0.15, -0.1) is 0 Å². The molecular formula is C12H17K2NO5. The predicted octanol–water partition coefficient (Wildman–Crippen LogP) is -6.52. The Morgan fingerprint density at radius 3 is 2.35 bits per heavy atom. The molecule has 0 unspecified atom stereocenters. The summed E-state index contributed by atoms with van der Waals surface area (Å²) in [5, 5.41) is 30.3. The second-order valence-corrected chi connectivity index (χ2v) is 3.78. The van der Waals surface area contributed by atoms with E-state index < -0.39 is 30.3 Å².